The fourth-order valence-electron chi connectivity index (χ4n) is 3.49. The number of hydrogen-bond acceptors (Lipinski definition) is 3. The van der Waals surface area contributed by atoms with Gasteiger partial charge in [0, 0.05) is 52.5 Å². The number of carbonyl (C=O) groups excluding carboxylic acids is 2. The molecule has 0 saturated heterocycles. The van der Waals surface area contributed by atoms with Crippen molar-refractivity contribution in [2.24, 2.45) is 0 Å². The zero-order valence-corrected chi connectivity index (χ0v) is 16.6. The van der Waals surface area contributed by atoms with Crippen molar-refractivity contribution >= 4 is 51.7 Å². The Hall–Kier alpha value is -3.09. The van der Waals surface area contributed by atoms with Gasteiger partial charge in [0.05, 0.1) is 12.3 Å². The highest BCUT2D eigenvalue weighted by atomic mass is 35.5. The summed E-state index contributed by atoms with van der Waals surface area (Å²) in [5.41, 5.74) is 3.89. The van der Waals surface area contributed by atoms with Crippen LogP contribution in [0.25, 0.3) is 22.6 Å². The summed E-state index contributed by atoms with van der Waals surface area (Å²) in [5.74, 6) is -0.267. The standard InChI is InChI=1S/C22H20ClN3O3/c1-29-9-8-24-21(27)13-26-12-14(16-4-2-3-5-20(16)26)10-18-17-7-6-15(23)11-19(17)25-22(18)28/h2-7,10-12H,8-9,13H2,1H3,(H,24,27)(H,25,28)/b18-10+. The van der Waals surface area contributed by atoms with Gasteiger partial charge in [0.15, 0.2) is 0 Å². The molecule has 29 heavy (non-hydrogen) atoms. The molecule has 0 aliphatic carbocycles. The predicted octanol–water partition coefficient (Wildman–Crippen LogP) is 3.55. The van der Waals surface area contributed by atoms with Crippen LogP contribution in [0.5, 0.6) is 0 Å². The molecule has 0 unspecified atom stereocenters. The van der Waals surface area contributed by atoms with Crippen molar-refractivity contribution in [2.75, 3.05) is 25.6 Å². The lowest BCUT2D eigenvalue weighted by molar-refractivity contribution is -0.121. The van der Waals surface area contributed by atoms with Gasteiger partial charge < -0.3 is 19.9 Å². The van der Waals surface area contributed by atoms with Crippen LogP contribution in [0.2, 0.25) is 5.02 Å². The van der Waals surface area contributed by atoms with Crippen molar-refractivity contribution in [1.82, 2.24) is 9.88 Å². The monoisotopic (exact) mass is 409 g/mol. The molecule has 2 aromatic carbocycles. The molecule has 1 aliphatic heterocycles. The summed E-state index contributed by atoms with van der Waals surface area (Å²) in [4.78, 5) is 24.8. The van der Waals surface area contributed by atoms with Crippen molar-refractivity contribution in [3.8, 4) is 0 Å². The number of halogens is 1. The SMILES string of the molecule is COCCNC(=O)Cn1cc(/C=C2/C(=O)Nc3cc(Cl)ccc32)c2ccccc21. The Labute approximate surface area is 173 Å². The first-order valence-corrected chi connectivity index (χ1v) is 9.61. The average molecular weight is 410 g/mol. The van der Waals surface area contributed by atoms with Gasteiger partial charge in [0.1, 0.15) is 6.54 Å². The lowest BCUT2D eigenvalue weighted by Gasteiger charge is -2.06. The highest BCUT2D eigenvalue weighted by Gasteiger charge is 2.24. The number of methoxy groups -OCH3 is 1. The average Bonchev–Trinajstić information content (AvgIpc) is 3.19. The van der Waals surface area contributed by atoms with Gasteiger partial charge in [0.2, 0.25) is 5.91 Å². The van der Waals surface area contributed by atoms with E-state index in [1.165, 1.54) is 0 Å². The van der Waals surface area contributed by atoms with Gasteiger partial charge in [0.25, 0.3) is 5.91 Å². The highest BCUT2D eigenvalue weighted by molar-refractivity contribution is 6.36. The van der Waals surface area contributed by atoms with Crippen LogP contribution in [-0.2, 0) is 20.9 Å². The first-order chi connectivity index (χ1) is 14.1. The van der Waals surface area contributed by atoms with E-state index in [2.05, 4.69) is 10.6 Å². The minimum absolute atomic E-state index is 0.0967. The van der Waals surface area contributed by atoms with Crippen molar-refractivity contribution in [3.05, 3.63) is 64.8 Å². The van der Waals surface area contributed by atoms with E-state index in [1.54, 1.807) is 19.2 Å². The fraction of sp³-hybridized carbons (Fsp3) is 0.182. The molecule has 0 bridgehead atoms. The Kier molecular flexibility index (Phi) is 5.38. The molecule has 2 N–H and O–H groups in total. The normalized spacial score (nSPS) is 14.3. The van der Waals surface area contributed by atoms with Crippen molar-refractivity contribution in [1.29, 1.82) is 0 Å². The minimum atomic E-state index is -0.170. The van der Waals surface area contributed by atoms with Gasteiger partial charge in [-0.1, -0.05) is 35.9 Å². The largest absolute Gasteiger partial charge is 0.383 e. The molecule has 1 aromatic heterocycles. The van der Waals surface area contributed by atoms with Gasteiger partial charge in [-0.25, -0.2) is 0 Å². The van der Waals surface area contributed by atoms with Crippen LogP contribution in [-0.4, -0.2) is 36.6 Å². The summed E-state index contributed by atoms with van der Waals surface area (Å²) in [7, 11) is 1.59. The summed E-state index contributed by atoms with van der Waals surface area (Å²) in [6.07, 6.45) is 3.76. The van der Waals surface area contributed by atoms with E-state index >= 15 is 0 Å². The summed E-state index contributed by atoms with van der Waals surface area (Å²) in [6, 6.07) is 13.2. The van der Waals surface area contributed by atoms with Crippen molar-refractivity contribution < 1.29 is 14.3 Å². The lowest BCUT2D eigenvalue weighted by atomic mass is 10.0. The molecule has 7 heteroatoms. The van der Waals surface area contributed by atoms with Gasteiger partial charge in [-0.3, -0.25) is 9.59 Å². The zero-order valence-electron chi connectivity index (χ0n) is 15.9. The van der Waals surface area contributed by atoms with E-state index in [1.807, 2.05) is 47.2 Å². The Morgan fingerprint density at radius 2 is 2.10 bits per heavy atom. The highest BCUT2D eigenvalue weighted by Crippen LogP contribution is 2.36. The summed E-state index contributed by atoms with van der Waals surface area (Å²) in [5, 5.41) is 7.22. The minimum Gasteiger partial charge on any atom is -0.383 e. The second-order valence-electron chi connectivity index (χ2n) is 6.77. The third kappa shape index (κ3) is 3.90. The molecular formula is C22H20ClN3O3. The number of hydrogen-bond donors (Lipinski definition) is 2. The third-order valence-electron chi connectivity index (χ3n) is 4.83. The lowest BCUT2D eigenvalue weighted by Crippen LogP contribution is -2.30. The molecule has 148 valence electrons. The molecule has 2 heterocycles. The van der Waals surface area contributed by atoms with Crippen LogP contribution >= 0.6 is 11.6 Å². The first kappa shape index (κ1) is 19.2. The maximum atomic E-state index is 12.5. The molecule has 3 aromatic rings. The van der Waals surface area contributed by atoms with Crippen LogP contribution in [0, 0.1) is 0 Å². The predicted molar refractivity (Wildman–Crippen MR) is 115 cm³/mol. The van der Waals surface area contributed by atoms with Crippen LogP contribution in [0.1, 0.15) is 11.1 Å². The van der Waals surface area contributed by atoms with Gasteiger partial charge in [-0.05, 0) is 24.3 Å². The van der Waals surface area contributed by atoms with Crippen LogP contribution in [0.3, 0.4) is 0 Å². The van der Waals surface area contributed by atoms with Crippen LogP contribution in [0.4, 0.5) is 5.69 Å². The summed E-state index contributed by atoms with van der Waals surface area (Å²) >= 11 is 6.03. The number of fused-ring (bicyclic) bond motifs is 2. The molecule has 2 amide bonds. The number of nitrogens with zero attached hydrogens (tertiary/aromatic N) is 1. The molecule has 6 nitrogen and oxygen atoms in total. The number of benzene rings is 2. The number of carbonyl (C=O) groups is 2. The third-order valence-corrected chi connectivity index (χ3v) is 5.06. The molecular weight excluding hydrogens is 390 g/mol. The Balaban J connectivity index is 1.70. The Bertz CT molecular complexity index is 1130. The van der Waals surface area contributed by atoms with E-state index in [4.69, 9.17) is 16.3 Å². The smallest absolute Gasteiger partial charge is 0.256 e. The van der Waals surface area contributed by atoms with Crippen molar-refractivity contribution in [3.63, 3.8) is 0 Å². The first-order valence-electron chi connectivity index (χ1n) is 9.23. The number of nitrogens with one attached hydrogen (secondary N) is 2. The molecule has 4 rings (SSSR count). The summed E-state index contributed by atoms with van der Waals surface area (Å²) < 4.78 is 6.85. The second kappa shape index (κ2) is 8.11. The van der Waals surface area contributed by atoms with E-state index in [9.17, 15) is 9.59 Å². The van der Waals surface area contributed by atoms with Gasteiger partial charge in [-0.2, -0.15) is 0 Å². The fourth-order valence-corrected chi connectivity index (χ4v) is 3.66. The topological polar surface area (TPSA) is 72.4 Å². The maximum absolute atomic E-state index is 12.5. The van der Waals surface area contributed by atoms with Crippen LogP contribution < -0.4 is 10.6 Å². The van der Waals surface area contributed by atoms with Crippen LogP contribution in [0.15, 0.2) is 48.7 Å². The van der Waals surface area contributed by atoms with Gasteiger partial charge >= 0.3 is 0 Å². The molecule has 0 atom stereocenters. The molecule has 0 fully saturated rings. The number of ether oxygens (including phenoxy) is 1. The maximum Gasteiger partial charge on any atom is 0.256 e. The molecule has 0 spiro atoms. The molecule has 1 aliphatic rings. The van der Waals surface area contributed by atoms with E-state index < -0.39 is 0 Å². The number of rotatable bonds is 6. The summed E-state index contributed by atoms with van der Waals surface area (Å²) in [6.45, 7) is 1.12. The molecule has 0 saturated carbocycles. The van der Waals surface area contributed by atoms with E-state index in [0.29, 0.717) is 29.4 Å². The number of amides is 2. The molecule has 0 radical (unpaired) electrons. The number of para-hydroxylation sites is 1. The van der Waals surface area contributed by atoms with E-state index in [-0.39, 0.29) is 18.4 Å². The number of anilines is 1. The van der Waals surface area contributed by atoms with E-state index in [0.717, 1.165) is 22.0 Å². The Morgan fingerprint density at radius 1 is 1.28 bits per heavy atom. The Morgan fingerprint density at radius 3 is 2.93 bits per heavy atom. The quantitative estimate of drug-likeness (QED) is 0.483. The van der Waals surface area contributed by atoms with Gasteiger partial charge in [-0.15, -0.1) is 0 Å². The number of aromatic nitrogens is 1. The second-order valence-corrected chi connectivity index (χ2v) is 7.21. The zero-order chi connectivity index (χ0) is 20.4. The van der Waals surface area contributed by atoms with Crippen molar-refractivity contribution in [2.45, 2.75) is 6.54 Å².